The summed E-state index contributed by atoms with van der Waals surface area (Å²) in [6.45, 7) is 5.89. The van der Waals surface area contributed by atoms with Crippen molar-refractivity contribution < 1.29 is 4.79 Å². The fourth-order valence-corrected chi connectivity index (χ4v) is 3.15. The van der Waals surface area contributed by atoms with Crippen LogP contribution in [0.5, 0.6) is 0 Å². The van der Waals surface area contributed by atoms with E-state index in [0.717, 1.165) is 49.0 Å². The zero-order valence-electron chi connectivity index (χ0n) is 13.5. The number of hydrogen-bond donors (Lipinski definition) is 0. The molecule has 5 nitrogen and oxygen atoms in total. The molecule has 1 fully saturated rings. The molecule has 0 unspecified atom stereocenters. The summed E-state index contributed by atoms with van der Waals surface area (Å²) in [6.07, 6.45) is 1.80. The van der Waals surface area contributed by atoms with Crippen molar-refractivity contribution in [3.8, 4) is 0 Å². The van der Waals surface area contributed by atoms with Gasteiger partial charge in [-0.15, -0.1) is 0 Å². The van der Waals surface area contributed by atoms with Crippen LogP contribution in [-0.4, -0.2) is 51.7 Å². The Morgan fingerprint density at radius 3 is 2.52 bits per heavy atom. The Kier molecular flexibility index (Phi) is 4.68. The minimum absolute atomic E-state index is 0.0768. The van der Waals surface area contributed by atoms with Crippen LogP contribution in [0.2, 0.25) is 5.02 Å². The third kappa shape index (κ3) is 3.57. The van der Waals surface area contributed by atoms with E-state index in [1.807, 2.05) is 37.1 Å². The fourth-order valence-electron chi connectivity index (χ4n) is 2.96. The summed E-state index contributed by atoms with van der Waals surface area (Å²) in [4.78, 5) is 16.8. The molecule has 122 valence electrons. The van der Waals surface area contributed by atoms with Gasteiger partial charge in [-0.2, -0.15) is 5.10 Å². The molecule has 0 bridgehead atoms. The Balaban J connectivity index is 1.59. The summed E-state index contributed by atoms with van der Waals surface area (Å²) in [6, 6.07) is 7.92. The van der Waals surface area contributed by atoms with Gasteiger partial charge < -0.3 is 4.90 Å². The van der Waals surface area contributed by atoms with Crippen molar-refractivity contribution in [2.75, 3.05) is 26.2 Å². The third-order valence-electron chi connectivity index (χ3n) is 4.26. The van der Waals surface area contributed by atoms with Gasteiger partial charge in [0.25, 0.3) is 5.91 Å². The van der Waals surface area contributed by atoms with Crippen LogP contribution in [0.15, 0.2) is 30.5 Å². The molecule has 23 heavy (non-hydrogen) atoms. The molecule has 1 aliphatic rings. The molecule has 2 heterocycles. The van der Waals surface area contributed by atoms with Crippen molar-refractivity contribution in [3.63, 3.8) is 0 Å². The number of hydrogen-bond acceptors (Lipinski definition) is 3. The second-order valence-electron chi connectivity index (χ2n) is 5.96. The first-order valence-corrected chi connectivity index (χ1v) is 8.17. The molecule has 2 aromatic rings. The molecule has 0 spiro atoms. The highest BCUT2D eigenvalue weighted by Gasteiger charge is 2.24. The number of aryl methyl sites for hydroxylation is 2. The van der Waals surface area contributed by atoms with E-state index in [1.54, 1.807) is 10.9 Å². The zero-order valence-corrected chi connectivity index (χ0v) is 14.3. The van der Waals surface area contributed by atoms with Crippen molar-refractivity contribution in [1.29, 1.82) is 0 Å². The highest BCUT2D eigenvalue weighted by atomic mass is 35.5. The predicted octanol–water partition coefficient (Wildman–Crippen LogP) is 2.34. The van der Waals surface area contributed by atoms with Gasteiger partial charge in [0.1, 0.15) is 0 Å². The molecule has 0 radical (unpaired) electrons. The number of halogens is 1. The molecule has 3 rings (SSSR count). The van der Waals surface area contributed by atoms with Crippen LogP contribution in [0.25, 0.3) is 0 Å². The largest absolute Gasteiger partial charge is 0.336 e. The second kappa shape index (κ2) is 6.72. The summed E-state index contributed by atoms with van der Waals surface area (Å²) in [7, 11) is 1.84. The van der Waals surface area contributed by atoms with Crippen LogP contribution >= 0.6 is 11.6 Å². The van der Waals surface area contributed by atoms with Crippen LogP contribution in [0, 0.1) is 6.92 Å². The van der Waals surface area contributed by atoms with Gasteiger partial charge in [0.15, 0.2) is 0 Å². The number of nitrogens with zero attached hydrogens (tertiary/aromatic N) is 4. The molecule has 1 aliphatic heterocycles. The van der Waals surface area contributed by atoms with Crippen molar-refractivity contribution in [3.05, 3.63) is 52.3 Å². The summed E-state index contributed by atoms with van der Waals surface area (Å²) in [5.74, 6) is 0.0768. The molecular formula is C17H21ClN4O. The smallest absolute Gasteiger partial charge is 0.257 e. The van der Waals surface area contributed by atoms with Gasteiger partial charge in [0.2, 0.25) is 0 Å². The van der Waals surface area contributed by atoms with E-state index < -0.39 is 0 Å². The van der Waals surface area contributed by atoms with Crippen molar-refractivity contribution in [1.82, 2.24) is 19.6 Å². The maximum absolute atomic E-state index is 12.6. The van der Waals surface area contributed by atoms with Crippen molar-refractivity contribution in [2.24, 2.45) is 7.05 Å². The van der Waals surface area contributed by atoms with E-state index in [1.165, 1.54) is 0 Å². The van der Waals surface area contributed by atoms with Gasteiger partial charge in [0.05, 0.1) is 11.3 Å². The molecule has 0 atom stereocenters. The van der Waals surface area contributed by atoms with Crippen LogP contribution in [0.3, 0.4) is 0 Å². The number of piperazine rings is 1. The number of benzene rings is 1. The normalized spacial score (nSPS) is 15.9. The fraction of sp³-hybridized carbons (Fsp3) is 0.412. The Hall–Kier alpha value is -1.85. The molecule has 0 aliphatic carbocycles. The van der Waals surface area contributed by atoms with E-state index in [4.69, 9.17) is 11.6 Å². The monoisotopic (exact) mass is 332 g/mol. The molecule has 1 aromatic heterocycles. The Labute approximate surface area is 141 Å². The van der Waals surface area contributed by atoms with Crippen LogP contribution in [-0.2, 0) is 13.6 Å². The number of carbonyl (C=O) groups is 1. The molecule has 6 heteroatoms. The molecule has 1 saturated heterocycles. The molecule has 1 aromatic carbocycles. The SMILES string of the molecule is Cc1nn(C)cc1C(=O)N1CCN(Cc2ccccc2Cl)CC1. The number of amides is 1. The Morgan fingerprint density at radius 2 is 1.91 bits per heavy atom. The van der Waals surface area contributed by atoms with E-state index >= 15 is 0 Å². The molecule has 0 saturated carbocycles. The average Bonchev–Trinajstić information content (AvgIpc) is 2.88. The first-order chi connectivity index (χ1) is 11.0. The van der Waals surface area contributed by atoms with E-state index in [-0.39, 0.29) is 5.91 Å². The van der Waals surface area contributed by atoms with Crippen molar-refractivity contribution in [2.45, 2.75) is 13.5 Å². The van der Waals surface area contributed by atoms with Crippen LogP contribution < -0.4 is 0 Å². The van der Waals surface area contributed by atoms with Gasteiger partial charge in [-0.25, -0.2) is 0 Å². The standard InChI is InChI=1S/C17H21ClN4O/c1-13-15(12-20(2)19-13)17(23)22-9-7-21(8-10-22)11-14-5-3-4-6-16(14)18/h3-6,12H,7-11H2,1-2H3. The summed E-state index contributed by atoms with van der Waals surface area (Å²) in [5.41, 5.74) is 2.63. The van der Waals surface area contributed by atoms with Gasteiger partial charge >= 0.3 is 0 Å². The van der Waals surface area contributed by atoms with E-state index in [2.05, 4.69) is 16.1 Å². The van der Waals surface area contributed by atoms with Crippen LogP contribution in [0.1, 0.15) is 21.6 Å². The van der Waals surface area contributed by atoms with Gasteiger partial charge in [-0.1, -0.05) is 29.8 Å². The quantitative estimate of drug-likeness (QED) is 0.866. The Bertz CT molecular complexity index is 704. The molecule has 0 N–H and O–H groups in total. The minimum atomic E-state index is 0.0768. The maximum Gasteiger partial charge on any atom is 0.257 e. The number of aromatic nitrogens is 2. The predicted molar refractivity (Wildman–Crippen MR) is 90.6 cm³/mol. The lowest BCUT2D eigenvalue weighted by Gasteiger charge is -2.34. The van der Waals surface area contributed by atoms with Gasteiger partial charge in [-0.05, 0) is 18.6 Å². The number of carbonyl (C=O) groups excluding carboxylic acids is 1. The topological polar surface area (TPSA) is 41.4 Å². The summed E-state index contributed by atoms with van der Waals surface area (Å²) >= 11 is 6.22. The molecule has 1 amide bonds. The highest BCUT2D eigenvalue weighted by molar-refractivity contribution is 6.31. The summed E-state index contributed by atoms with van der Waals surface area (Å²) in [5, 5.41) is 5.05. The highest BCUT2D eigenvalue weighted by Crippen LogP contribution is 2.18. The first-order valence-electron chi connectivity index (χ1n) is 7.80. The third-order valence-corrected chi connectivity index (χ3v) is 4.62. The zero-order chi connectivity index (χ0) is 16.4. The van der Waals surface area contributed by atoms with Gasteiger partial charge in [-0.3, -0.25) is 14.4 Å². The van der Waals surface area contributed by atoms with Gasteiger partial charge in [0, 0.05) is 51.0 Å². The van der Waals surface area contributed by atoms with E-state index in [0.29, 0.717) is 5.56 Å². The lowest BCUT2D eigenvalue weighted by atomic mass is 10.1. The molecular weight excluding hydrogens is 312 g/mol. The van der Waals surface area contributed by atoms with Crippen LogP contribution in [0.4, 0.5) is 0 Å². The lowest BCUT2D eigenvalue weighted by molar-refractivity contribution is 0.0627. The number of rotatable bonds is 3. The second-order valence-corrected chi connectivity index (χ2v) is 6.37. The minimum Gasteiger partial charge on any atom is -0.336 e. The lowest BCUT2D eigenvalue weighted by Crippen LogP contribution is -2.48. The average molecular weight is 333 g/mol. The van der Waals surface area contributed by atoms with E-state index in [9.17, 15) is 4.79 Å². The first kappa shape index (κ1) is 16.0. The summed E-state index contributed by atoms with van der Waals surface area (Å²) < 4.78 is 1.69. The van der Waals surface area contributed by atoms with Crippen molar-refractivity contribution >= 4 is 17.5 Å². The Morgan fingerprint density at radius 1 is 1.22 bits per heavy atom. The maximum atomic E-state index is 12.6.